The van der Waals surface area contributed by atoms with Gasteiger partial charge in [0.05, 0.1) is 4.90 Å². The first-order chi connectivity index (χ1) is 11.0. The lowest BCUT2D eigenvalue weighted by Crippen LogP contribution is -2.39. The molecule has 0 spiro atoms. The van der Waals surface area contributed by atoms with Gasteiger partial charge in [-0.2, -0.15) is 0 Å². The van der Waals surface area contributed by atoms with Gasteiger partial charge < -0.3 is 11.1 Å². The van der Waals surface area contributed by atoms with E-state index in [4.69, 9.17) is 5.73 Å². The minimum absolute atomic E-state index is 0. The van der Waals surface area contributed by atoms with Gasteiger partial charge in [-0.25, -0.2) is 13.1 Å². The second-order valence-corrected chi connectivity index (χ2v) is 7.44. The van der Waals surface area contributed by atoms with Gasteiger partial charge in [0.25, 0.3) is 5.91 Å². The summed E-state index contributed by atoms with van der Waals surface area (Å²) in [6.07, 6.45) is 4.51. The van der Waals surface area contributed by atoms with Crippen molar-refractivity contribution in [3.05, 3.63) is 42.5 Å². The number of hydrogen-bond donors (Lipinski definition) is 3. The van der Waals surface area contributed by atoms with Gasteiger partial charge in [-0.1, -0.05) is 12.5 Å². The van der Waals surface area contributed by atoms with Crippen molar-refractivity contribution in [3.63, 3.8) is 0 Å². The molecule has 0 heterocycles. The SMILES string of the molecule is C=CCNS(=O)(=O)c1ccc(C(=O)NC2CCCC2CN)cc1.Cl. The summed E-state index contributed by atoms with van der Waals surface area (Å²) < 4.78 is 26.3. The van der Waals surface area contributed by atoms with Crippen LogP contribution >= 0.6 is 12.4 Å². The van der Waals surface area contributed by atoms with E-state index in [1.54, 1.807) is 0 Å². The van der Waals surface area contributed by atoms with Crippen LogP contribution in [0.5, 0.6) is 0 Å². The molecular weight excluding hydrogens is 350 g/mol. The fourth-order valence-corrected chi connectivity index (χ4v) is 3.80. The Labute approximate surface area is 149 Å². The lowest BCUT2D eigenvalue weighted by Gasteiger charge is -2.19. The third-order valence-corrected chi connectivity index (χ3v) is 5.56. The van der Waals surface area contributed by atoms with Gasteiger partial charge >= 0.3 is 0 Å². The Balaban J connectivity index is 0.00000288. The van der Waals surface area contributed by atoms with E-state index in [-0.39, 0.29) is 35.8 Å². The van der Waals surface area contributed by atoms with E-state index in [1.807, 2.05) is 0 Å². The zero-order valence-corrected chi connectivity index (χ0v) is 15.0. The molecule has 2 unspecified atom stereocenters. The third-order valence-electron chi connectivity index (χ3n) is 4.12. The summed E-state index contributed by atoms with van der Waals surface area (Å²) >= 11 is 0. The Bertz CT molecular complexity index is 662. The summed E-state index contributed by atoms with van der Waals surface area (Å²) in [5.41, 5.74) is 6.15. The normalized spacial score (nSPS) is 20.2. The minimum atomic E-state index is -3.57. The molecule has 0 bridgehead atoms. The highest BCUT2D eigenvalue weighted by Crippen LogP contribution is 2.25. The molecule has 1 aromatic carbocycles. The van der Waals surface area contributed by atoms with Crippen molar-refractivity contribution in [2.45, 2.75) is 30.2 Å². The summed E-state index contributed by atoms with van der Waals surface area (Å²) in [4.78, 5) is 12.4. The molecule has 0 aliphatic heterocycles. The topological polar surface area (TPSA) is 101 Å². The number of hydrogen-bond acceptors (Lipinski definition) is 4. The van der Waals surface area contributed by atoms with Gasteiger partial charge in [-0.05, 0) is 49.6 Å². The molecular formula is C16H24ClN3O3S. The highest BCUT2D eigenvalue weighted by atomic mass is 35.5. The second kappa shape index (κ2) is 9.17. The van der Waals surface area contributed by atoms with E-state index in [9.17, 15) is 13.2 Å². The Kier molecular flexibility index (Phi) is 7.89. The summed E-state index contributed by atoms with van der Waals surface area (Å²) in [6, 6.07) is 5.99. The van der Waals surface area contributed by atoms with E-state index in [1.165, 1.54) is 30.3 Å². The van der Waals surface area contributed by atoms with E-state index < -0.39 is 10.0 Å². The first-order valence-corrected chi connectivity index (χ1v) is 9.18. The first kappa shape index (κ1) is 20.6. The van der Waals surface area contributed by atoms with E-state index in [0.29, 0.717) is 18.0 Å². The molecule has 0 saturated heterocycles. The molecule has 8 heteroatoms. The van der Waals surface area contributed by atoms with Crippen LogP contribution in [-0.4, -0.2) is 33.5 Å². The van der Waals surface area contributed by atoms with Gasteiger partial charge in [0, 0.05) is 18.2 Å². The fourth-order valence-electron chi connectivity index (χ4n) is 2.80. The van der Waals surface area contributed by atoms with Crippen molar-refractivity contribution in [3.8, 4) is 0 Å². The maximum Gasteiger partial charge on any atom is 0.251 e. The highest BCUT2D eigenvalue weighted by molar-refractivity contribution is 7.89. The molecule has 134 valence electrons. The summed E-state index contributed by atoms with van der Waals surface area (Å²) in [6.45, 7) is 4.19. The molecule has 1 amide bonds. The van der Waals surface area contributed by atoms with Gasteiger partial charge in [0.15, 0.2) is 0 Å². The smallest absolute Gasteiger partial charge is 0.251 e. The maximum absolute atomic E-state index is 12.3. The number of nitrogens with two attached hydrogens (primary N) is 1. The molecule has 1 fully saturated rings. The summed E-state index contributed by atoms with van der Waals surface area (Å²) in [5.74, 6) is 0.125. The molecule has 1 aromatic rings. The van der Waals surface area contributed by atoms with Crippen LogP contribution in [0.25, 0.3) is 0 Å². The number of carbonyl (C=O) groups excluding carboxylic acids is 1. The largest absolute Gasteiger partial charge is 0.349 e. The number of benzene rings is 1. The molecule has 1 aliphatic rings. The van der Waals surface area contributed by atoms with Gasteiger partial charge in [-0.3, -0.25) is 4.79 Å². The maximum atomic E-state index is 12.3. The van der Waals surface area contributed by atoms with Crippen LogP contribution in [0.3, 0.4) is 0 Å². The predicted molar refractivity (Wildman–Crippen MR) is 96.7 cm³/mol. The zero-order valence-electron chi connectivity index (χ0n) is 13.4. The predicted octanol–water partition coefficient (Wildman–Crippen LogP) is 1.43. The van der Waals surface area contributed by atoms with Crippen molar-refractivity contribution in [2.75, 3.05) is 13.1 Å². The highest BCUT2D eigenvalue weighted by Gasteiger charge is 2.27. The molecule has 4 N–H and O–H groups in total. The van der Waals surface area contributed by atoms with Crippen molar-refractivity contribution >= 4 is 28.3 Å². The van der Waals surface area contributed by atoms with Crippen LogP contribution in [-0.2, 0) is 10.0 Å². The van der Waals surface area contributed by atoms with Crippen LogP contribution in [0.1, 0.15) is 29.6 Å². The number of sulfonamides is 1. The number of halogens is 1. The monoisotopic (exact) mass is 373 g/mol. The quantitative estimate of drug-likeness (QED) is 0.629. The fraction of sp³-hybridized carbons (Fsp3) is 0.438. The number of nitrogens with one attached hydrogen (secondary N) is 2. The average Bonchev–Trinajstić information content (AvgIpc) is 3.00. The standard InChI is InChI=1S/C16H23N3O3S.ClH/c1-2-10-18-23(21,22)14-8-6-12(7-9-14)16(20)19-15-5-3-4-13(15)11-17;/h2,6-9,13,15,18H,1,3-5,10-11,17H2,(H,19,20);1H. The Morgan fingerprint density at radius 1 is 1.29 bits per heavy atom. The lowest BCUT2D eigenvalue weighted by atomic mass is 10.0. The van der Waals surface area contributed by atoms with Gasteiger partial charge in [0.1, 0.15) is 0 Å². The number of carbonyl (C=O) groups is 1. The van der Waals surface area contributed by atoms with Crippen LogP contribution in [0.15, 0.2) is 41.8 Å². The second-order valence-electron chi connectivity index (χ2n) is 5.67. The molecule has 6 nitrogen and oxygen atoms in total. The van der Waals surface area contributed by atoms with Crippen molar-refractivity contribution in [1.82, 2.24) is 10.0 Å². The molecule has 24 heavy (non-hydrogen) atoms. The Morgan fingerprint density at radius 3 is 2.54 bits per heavy atom. The average molecular weight is 374 g/mol. The van der Waals surface area contributed by atoms with Crippen LogP contribution in [0.2, 0.25) is 0 Å². The van der Waals surface area contributed by atoms with Crippen LogP contribution < -0.4 is 15.8 Å². The Hall–Kier alpha value is -1.41. The molecule has 1 saturated carbocycles. The first-order valence-electron chi connectivity index (χ1n) is 7.69. The van der Waals surface area contributed by atoms with Crippen LogP contribution in [0, 0.1) is 5.92 Å². The molecule has 1 aliphatic carbocycles. The van der Waals surface area contributed by atoms with Crippen molar-refractivity contribution < 1.29 is 13.2 Å². The van der Waals surface area contributed by atoms with Crippen LogP contribution in [0.4, 0.5) is 0 Å². The molecule has 2 atom stereocenters. The zero-order chi connectivity index (χ0) is 16.9. The van der Waals surface area contributed by atoms with Crippen molar-refractivity contribution in [1.29, 1.82) is 0 Å². The third kappa shape index (κ3) is 5.04. The van der Waals surface area contributed by atoms with E-state index >= 15 is 0 Å². The van der Waals surface area contributed by atoms with Gasteiger partial charge in [-0.15, -0.1) is 19.0 Å². The molecule has 0 aromatic heterocycles. The van der Waals surface area contributed by atoms with E-state index in [0.717, 1.165) is 19.3 Å². The minimum Gasteiger partial charge on any atom is -0.349 e. The number of rotatable bonds is 7. The van der Waals surface area contributed by atoms with Gasteiger partial charge in [0.2, 0.25) is 10.0 Å². The molecule has 0 radical (unpaired) electrons. The summed E-state index contributed by atoms with van der Waals surface area (Å²) in [5, 5.41) is 2.99. The number of amides is 1. The van der Waals surface area contributed by atoms with E-state index in [2.05, 4.69) is 16.6 Å². The lowest BCUT2D eigenvalue weighted by molar-refractivity contribution is 0.0928. The van der Waals surface area contributed by atoms with Crippen molar-refractivity contribution in [2.24, 2.45) is 11.7 Å². The Morgan fingerprint density at radius 2 is 1.96 bits per heavy atom. The summed E-state index contributed by atoms with van der Waals surface area (Å²) in [7, 11) is -3.57. The molecule has 2 rings (SSSR count).